The average Bonchev–Trinajstić information content (AvgIpc) is 2.44. The Bertz CT molecular complexity index is 456. The van der Waals surface area contributed by atoms with Crippen LogP contribution in [0.2, 0.25) is 5.02 Å². The molecule has 3 nitrogen and oxygen atoms in total. The van der Waals surface area contributed by atoms with Crippen LogP contribution in [0.5, 0.6) is 5.75 Å². The van der Waals surface area contributed by atoms with E-state index in [0.29, 0.717) is 18.7 Å². The van der Waals surface area contributed by atoms with Gasteiger partial charge < -0.3 is 14.7 Å². The lowest BCUT2D eigenvalue weighted by atomic mass is 9.97. The lowest BCUT2D eigenvalue weighted by molar-refractivity contribution is -0.954. The standard InChI is InChI=1S/C17H26ClNO2/c1-12-9-16(7-8-17(12)18)21-11-15(20)10-19-13(2)5-4-6-14(19)3/h7-9,13-15,20H,4-6,10-11H2,1-3H3/p+1/t13-,14-,15-/m0/s1. The van der Waals surface area contributed by atoms with Crippen LogP contribution >= 0.6 is 11.6 Å². The van der Waals surface area contributed by atoms with E-state index in [1.807, 2.05) is 25.1 Å². The summed E-state index contributed by atoms with van der Waals surface area (Å²) in [7, 11) is 0. The Hall–Kier alpha value is -0.770. The number of benzene rings is 1. The Morgan fingerprint density at radius 2 is 2.00 bits per heavy atom. The zero-order valence-electron chi connectivity index (χ0n) is 13.2. The topological polar surface area (TPSA) is 33.9 Å². The zero-order valence-corrected chi connectivity index (χ0v) is 14.0. The molecule has 1 saturated heterocycles. The number of ether oxygens (including phenoxy) is 1. The number of piperidine rings is 1. The van der Waals surface area contributed by atoms with Gasteiger partial charge in [-0.15, -0.1) is 0 Å². The largest absolute Gasteiger partial charge is 0.491 e. The van der Waals surface area contributed by atoms with E-state index in [2.05, 4.69) is 13.8 Å². The van der Waals surface area contributed by atoms with Crippen LogP contribution in [0.1, 0.15) is 38.7 Å². The van der Waals surface area contributed by atoms with Crippen LogP contribution in [0.15, 0.2) is 18.2 Å². The van der Waals surface area contributed by atoms with Crippen molar-refractivity contribution in [3.63, 3.8) is 0 Å². The SMILES string of the molecule is Cc1cc(OC[C@@H](O)C[NH+]2[C@@H](C)CCC[C@@H]2C)ccc1Cl. The molecule has 1 aromatic rings. The molecule has 0 saturated carbocycles. The van der Waals surface area contributed by atoms with Crippen LogP contribution in [-0.4, -0.2) is 36.4 Å². The molecule has 1 fully saturated rings. The highest BCUT2D eigenvalue weighted by Crippen LogP contribution is 2.21. The van der Waals surface area contributed by atoms with E-state index < -0.39 is 6.10 Å². The molecule has 1 heterocycles. The van der Waals surface area contributed by atoms with Crippen LogP contribution in [0, 0.1) is 6.92 Å². The third-order valence-electron chi connectivity index (χ3n) is 4.58. The average molecular weight is 313 g/mol. The van der Waals surface area contributed by atoms with E-state index in [-0.39, 0.29) is 0 Å². The second-order valence-electron chi connectivity index (χ2n) is 6.39. The predicted octanol–water partition coefficient (Wildman–Crippen LogP) is 2.23. The van der Waals surface area contributed by atoms with Gasteiger partial charge in [0.25, 0.3) is 0 Å². The first-order chi connectivity index (χ1) is 9.97. The van der Waals surface area contributed by atoms with Crippen LogP contribution in [0.25, 0.3) is 0 Å². The van der Waals surface area contributed by atoms with Gasteiger partial charge in [0.1, 0.15) is 25.0 Å². The van der Waals surface area contributed by atoms with Gasteiger partial charge >= 0.3 is 0 Å². The van der Waals surface area contributed by atoms with Gasteiger partial charge in [0.2, 0.25) is 0 Å². The minimum absolute atomic E-state index is 0.337. The van der Waals surface area contributed by atoms with Crippen molar-refractivity contribution in [2.45, 2.75) is 58.2 Å². The van der Waals surface area contributed by atoms with Gasteiger partial charge in [0.15, 0.2) is 0 Å². The summed E-state index contributed by atoms with van der Waals surface area (Å²) in [5.74, 6) is 0.769. The van der Waals surface area contributed by atoms with E-state index in [1.165, 1.54) is 24.2 Å². The second-order valence-corrected chi connectivity index (χ2v) is 6.80. The van der Waals surface area contributed by atoms with E-state index in [9.17, 15) is 5.11 Å². The maximum absolute atomic E-state index is 10.3. The molecule has 0 aliphatic carbocycles. The van der Waals surface area contributed by atoms with Crippen molar-refractivity contribution >= 4 is 11.6 Å². The minimum atomic E-state index is -0.431. The van der Waals surface area contributed by atoms with Crippen molar-refractivity contribution in [1.29, 1.82) is 0 Å². The number of hydrogen-bond donors (Lipinski definition) is 2. The van der Waals surface area contributed by atoms with Crippen molar-refractivity contribution in [3.05, 3.63) is 28.8 Å². The third-order valence-corrected chi connectivity index (χ3v) is 5.01. The van der Waals surface area contributed by atoms with E-state index in [0.717, 1.165) is 22.9 Å². The summed E-state index contributed by atoms with van der Waals surface area (Å²) in [4.78, 5) is 1.50. The summed E-state index contributed by atoms with van der Waals surface area (Å²) in [6.45, 7) is 7.61. The van der Waals surface area contributed by atoms with Gasteiger partial charge in [-0.05, 0) is 63.8 Å². The molecule has 4 heteroatoms. The molecular formula is C17H27ClNO2+. The lowest BCUT2D eigenvalue weighted by Crippen LogP contribution is -3.20. The zero-order chi connectivity index (χ0) is 15.4. The molecule has 2 rings (SSSR count). The number of aryl methyl sites for hydroxylation is 1. The highest BCUT2D eigenvalue weighted by Gasteiger charge is 2.30. The highest BCUT2D eigenvalue weighted by atomic mass is 35.5. The molecule has 0 bridgehead atoms. The van der Waals surface area contributed by atoms with Crippen molar-refractivity contribution in [1.82, 2.24) is 0 Å². The molecule has 118 valence electrons. The Kier molecular flexibility index (Phi) is 5.91. The smallest absolute Gasteiger partial charge is 0.137 e. The molecule has 1 aliphatic heterocycles. The van der Waals surface area contributed by atoms with E-state index >= 15 is 0 Å². The fraction of sp³-hybridized carbons (Fsp3) is 0.647. The van der Waals surface area contributed by atoms with Crippen molar-refractivity contribution in [2.24, 2.45) is 0 Å². The summed E-state index contributed by atoms with van der Waals surface area (Å²) in [6.07, 6.45) is 3.38. The molecule has 1 aliphatic rings. The number of aliphatic hydroxyl groups excluding tert-OH is 1. The number of quaternary nitrogens is 1. The van der Waals surface area contributed by atoms with Gasteiger partial charge in [-0.3, -0.25) is 0 Å². The van der Waals surface area contributed by atoms with Crippen LogP contribution < -0.4 is 9.64 Å². The Morgan fingerprint density at radius 1 is 1.33 bits per heavy atom. The minimum Gasteiger partial charge on any atom is -0.491 e. The first kappa shape index (κ1) is 16.6. The molecular weight excluding hydrogens is 286 g/mol. The number of rotatable bonds is 5. The first-order valence-corrected chi connectivity index (χ1v) is 8.27. The molecule has 21 heavy (non-hydrogen) atoms. The van der Waals surface area contributed by atoms with Gasteiger partial charge in [-0.1, -0.05) is 11.6 Å². The molecule has 0 unspecified atom stereocenters. The number of aliphatic hydroxyl groups is 1. The van der Waals surface area contributed by atoms with Gasteiger partial charge in [0, 0.05) is 5.02 Å². The fourth-order valence-corrected chi connectivity index (χ4v) is 3.34. The normalized spacial score (nSPS) is 24.8. The summed E-state index contributed by atoms with van der Waals surface area (Å²) < 4.78 is 5.69. The lowest BCUT2D eigenvalue weighted by Gasteiger charge is -2.36. The maximum Gasteiger partial charge on any atom is 0.137 e. The Balaban J connectivity index is 1.83. The van der Waals surface area contributed by atoms with E-state index in [1.54, 1.807) is 0 Å². The van der Waals surface area contributed by atoms with Crippen molar-refractivity contribution in [3.8, 4) is 5.75 Å². The van der Waals surface area contributed by atoms with Gasteiger partial charge in [-0.25, -0.2) is 0 Å². The molecule has 0 radical (unpaired) electrons. The molecule has 0 aromatic heterocycles. The van der Waals surface area contributed by atoms with Crippen molar-refractivity contribution in [2.75, 3.05) is 13.2 Å². The third kappa shape index (κ3) is 4.60. The van der Waals surface area contributed by atoms with Crippen LogP contribution in [-0.2, 0) is 0 Å². The summed E-state index contributed by atoms with van der Waals surface area (Å²) in [5.41, 5.74) is 0.993. The maximum atomic E-state index is 10.3. The number of halogens is 1. The molecule has 1 aromatic carbocycles. The van der Waals surface area contributed by atoms with Crippen LogP contribution in [0.4, 0.5) is 0 Å². The fourth-order valence-electron chi connectivity index (χ4n) is 3.22. The monoisotopic (exact) mass is 312 g/mol. The van der Waals surface area contributed by atoms with Gasteiger partial charge in [-0.2, -0.15) is 0 Å². The summed E-state index contributed by atoms with van der Waals surface area (Å²) >= 11 is 6.00. The summed E-state index contributed by atoms with van der Waals surface area (Å²) in [6, 6.07) is 6.84. The van der Waals surface area contributed by atoms with Crippen LogP contribution in [0.3, 0.4) is 0 Å². The first-order valence-electron chi connectivity index (χ1n) is 7.90. The van der Waals surface area contributed by atoms with Crippen molar-refractivity contribution < 1.29 is 14.7 Å². The molecule has 0 spiro atoms. The number of nitrogens with one attached hydrogen (secondary N) is 1. The molecule has 0 amide bonds. The summed E-state index contributed by atoms with van der Waals surface area (Å²) in [5, 5.41) is 11.0. The predicted molar refractivity (Wildman–Crippen MR) is 86.3 cm³/mol. The van der Waals surface area contributed by atoms with E-state index in [4.69, 9.17) is 16.3 Å². The van der Waals surface area contributed by atoms with Gasteiger partial charge in [0.05, 0.1) is 12.1 Å². The number of likely N-dealkylation sites (tertiary alicyclic amines) is 1. The highest BCUT2D eigenvalue weighted by molar-refractivity contribution is 6.31. The Labute approximate surface area is 132 Å². The molecule has 2 N–H and O–H groups in total. The Morgan fingerprint density at radius 3 is 2.62 bits per heavy atom. The quantitative estimate of drug-likeness (QED) is 0.874. The molecule has 3 atom stereocenters. The second kappa shape index (κ2) is 7.48. The number of hydrogen-bond acceptors (Lipinski definition) is 2.